The summed E-state index contributed by atoms with van der Waals surface area (Å²) in [4.78, 5) is 14.9. The summed E-state index contributed by atoms with van der Waals surface area (Å²) in [5, 5.41) is 0. The second-order valence-electron chi connectivity index (χ2n) is 6.11. The molecule has 0 aromatic heterocycles. The van der Waals surface area contributed by atoms with E-state index in [2.05, 4.69) is 47.6 Å². The van der Waals surface area contributed by atoms with E-state index in [-0.39, 0.29) is 0 Å². The normalized spacial score (nSPS) is 22.5. The van der Waals surface area contributed by atoms with Crippen LogP contribution in [-0.2, 0) is 0 Å². The molecular weight excluding hydrogens is 290 g/mol. The van der Waals surface area contributed by atoms with Gasteiger partial charge in [-0.3, -0.25) is 4.79 Å². The second-order valence-corrected chi connectivity index (χ2v) is 6.99. The van der Waals surface area contributed by atoms with E-state index in [1.54, 1.807) is 11.8 Å². The van der Waals surface area contributed by atoms with Gasteiger partial charge in [0.1, 0.15) is 6.29 Å². The third-order valence-corrected chi connectivity index (χ3v) is 5.71. The van der Waals surface area contributed by atoms with E-state index in [0.29, 0.717) is 12.0 Å². The third kappa shape index (κ3) is 2.07. The van der Waals surface area contributed by atoms with E-state index in [1.165, 1.54) is 41.1 Å². The fourth-order valence-corrected chi connectivity index (χ4v) is 4.50. The number of rotatable bonds is 3. The number of anilines is 2. The summed E-state index contributed by atoms with van der Waals surface area (Å²) in [7, 11) is 0. The highest BCUT2D eigenvalue weighted by atomic mass is 32.2. The van der Waals surface area contributed by atoms with Crippen molar-refractivity contribution in [2.24, 2.45) is 0 Å². The molecular formula is C19H19NOS. The van der Waals surface area contributed by atoms with Crippen molar-refractivity contribution < 1.29 is 4.79 Å². The van der Waals surface area contributed by atoms with Gasteiger partial charge in [-0.2, -0.15) is 0 Å². The number of aldehydes is 1. The highest BCUT2D eigenvalue weighted by Crippen LogP contribution is 2.52. The first-order valence-corrected chi connectivity index (χ1v) is 9.06. The Bertz CT molecular complexity index is 727. The zero-order chi connectivity index (χ0) is 15.1. The fourth-order valence-electron chi connectivity index (χ4n) is 4.04. The number of thioether (sulfide) groups is 1. The summed E-state index contributed by atoms with van der Waals surface area (Å²) in [6, 6.07) is 15.5. The van der Waals surface area contributed by atoms with Gasteiger partial charge in [0.2, 0.25) is 0 Å². The van der Waals surface area contributed by atoms with Crippen LogP contribution in [0, 0.1) is 0 Å². The van der Waals surface area contributed by atoms with Gasteiger partial charge in [0, 0.05) is 33.8 Å². The minimum atomic E-state index is 0.550. The number of benzene rings is 2. The smallest absolute Gasteiger partial charge is 0.150 e. The molecule has 0 amide bonds. The Balaban J connectivity index is 1.84. The largest absolute Gasteiger partial charge is 0.337 e. The van der Waals surface area contributed by atoms with Crippen LogP contribution >= 0.6 is 11.8 Å². The van der Waals surface area contributed by atoms with Crippen molar-refractivity contribution in [3.63, 3.8) is 0 Å². The van der Waals surface area contributed by atoms with Gasteiger partial charge in [-0.25, -0.2) is 0 Å². The lowest BCUT2D eigenvalue weighted by Gasteiger charge is -2.27. The van der Waals surface area contributed by atoms with E-state index in [4.69, 9.17) is 0 Å². The second kappa shape index (κ2) is 5.47. The third-order valence-electron chi connectivity index (χ3n) is 4.99. The molecule has 0 N–H and O–H groups in total. The van der Waals surface area contributed by atoms with Gasteiger partial charge in [0.05, 0.1) is 0 Å². The summed E-state index contributed by atoms with van der Waals surface area (Å²) in [5.74, 6) is 0.577. The molecule has 2 nitrogen and oxygen atoms in total. The lowest BCUT2D eigenvalue weighted by molar-refractivity contribution is 0.112. The zero-order valence-electron chi connectivity index (χ0n) is 12.7. The van der Waals surface area contributed by atoms with E-state index < -0.39 is 0 Å². The predicted octanol–water partition coefficient (Wildman–Crippen LogP) is 5.01. The average molecular weight is 309 g/mol. The lowest BCUT2D eigenvalue weighted by Crippen LogP contribution is -2.26. The first kappa shape index (κ1) is 13.9. The molecule has 1 saturated carbocycles. The van der Waals surface area contributed by atoms with E-state index in [1.807, 2.05) is 6.07 Å². The molecule has 2 aromatic rings. The van der Waals surface area contributed by atoms with Crippen molar-refractivity contribution in [3.8, 4) is 0 Å². The fraction of sp³-hybridized carbons (Fsp3) is 0.316. The van der Waals surface area contributed by atoms with Crippen molar-refractivity contribution in [1.29, 1.82) is 0 Å². The molecule has 0 radical (unpaired) electrons. The number of carbonyl (C=O) groups is 1. The van der Waals surface area contributed by atoms with Crippen LogP contribution < -0.4 is 4.90 Å². The summed E-state index contributed by atoms with van der Waals surface area (Å²) < 4.78 is 0. The molecule has 2 unspecified atom stereocenters. The van der Waals surface area contributed by atoms with Crippen LogP contribution in [0.1, 0.15) is 41.1 Å². The number of fused-ring (bicyclic) bond motifs is 3. The molecule has 112 valence electrons. The Morgan fingerprint density at radius 2 is 2.09 bits per heavy atom. The summed E-state index contributed by atoms with van der Waals surface area (Å²) in [5.41, 5.74) is 4.73. The Labute approximate surface area is 135 Å². The maximum absolute atomic E-state index is 11.1. The molecule has 0 bridgehead atoms. The van der Waals surface area contributed by atoms with Gasteiger partial charge in [-0.15, -0.1) is 11.8 Å². The molecule has 22 heavy (non-hydrogen) atoms. The minimum absolute atomic E-state index is 0.550. The Hall–Kier alpha value is -1.74. The Morgan fingerprint density at radius 3 is 2.91 bits per heavy atom. The molecule has 0 saturated heterocycles. The van der Waals surface area contributed by atoms with Crippen molar-refractivity contribution in [2.45, 2.75) is 36.1 Å². The van der Waals surface area contributed by atoms with Crippen LogP contribution in [0.2, 0.25) is 0 Å². The standard InChI is InChI=1S/C19H19NOS/c1-22-15-5-2-4-14(11-15)20-18-7-3-6-16(18)17-10-13(12-21)8-9-19(17)20/h2,4-5,8-12,16,18H,3,6-7H2,1H3. The topological polar surface area (TPSA) is 20.3 Å². The number of carbonyl (C=O) groups excluding carboxylic acids is 1. The summed E-state index contributed by atoms with van der Waals surface area (Å²) in [6.07, 6.45) is 6.82. The first-order chi connectivity index (χ1) is 10.8. The molecule has 2 aromatic carbocycles. The van der Waals surface area contributed by atoms with Gasteiger partial charge in [0.25, 0.3) is 0 Å². The number of hydrogen-bond acceptors (Lipinski definition) is 3. The van der Waals surface area contributed by atoms with E-state index in [9.17, 15) is 4.79 Å². The van der Waals surface area contributed by atoms with Gasteiger partial charge in [-0.05, 0) is 61.1 Å². The Morgan fingerprint density at radius 1 is 1.18 bits per heavy atom. The average Bonchev–Trinajstić information content (AvgIpc) is 3.14. The van der Waals surface area contributed by atoms with Crippen molar-refractivity contribution in [3.05, 3.63) is 53.6 Å². The van der Waals surface area contributed by atoms with Crippen molar-refractivity contribution in [1.82, 2.24) is 0 Å². The molecule has 3 heteroatoms. The van der Waals surface area contributed by atoms with Crippen LogP contribution in [0.25, 0.3) is 0 Å². The van der Waals surface area contributed by atoms with Crippen LogP contribution in [-0.4, -0.2) is 18.6 Å². The van der Waals surface area contributed by atoms with Crippen molar-refractivity contribution >= 4 is 29.4 Å². The quantitative estimate of drug-likeness (QED) is 0.587. The Kier molecular flexibility index (Phi) is 3.45. The van der Waals surface area contributed by atoms with E-state index in [0.717, 1.165) is 11.8 Å². The molecule has 1 aliphatic heterocycles. The van der Waals surface area contributed by atoms with Crippen LogP contribution in [0.3, 0.4) is 0 Å². The maximum atomic E-state index is 11.1. The van der Waals surface area contributed by atoms with Gasteiger partial charge in [-0.1, -0.05) is 12.5 Å². The predicted molar refractivity (Wildman–Crippen MR) is 92.6 cm³/mol. The highest BCUT2D eigenvalue weighted by molar-refractivity contribution is 7.98. The van der Waals surface area contributed by atoms with Crippen LogP contribution in [0.15, 0.2) is 47.4 Å². The maximum Gasteiger partial charge on any atom is 0.150 e. The molecule has 1 aliphatic carbocycles. The van der Waals surface area contributed by atoms with Crippen LogP contribution in [0.5, 0.6) is 0 Å². The summed E-state index contributed by atoms with van der Waals surface area (Å²) >= 11 is 1.78. The number of nitrogens with zero attached hydrogens (tertiary/aromatic N) is 1. The lowest BCUT2D eigenvalue weighted by atomic mass is 9.96. The minimum Gasteiger partial charge on any atom is -0.337 e. The molecule has 1 heterocycles. The van der Waals surface area contributed by atoms with Crippen LogP contribution in [0.4, 0.5) is 11.4 Å². The molecule has 2 atom stereocenters. The SMILES string of the molecule is CSc1cccc(N2c3ccc(C=O)cc3C3CCCC32)c1. The van der Waals surface area contributed by atoms with Crippen molar-refractivity contribution in [2.75, 3.05) is 11.2 Å². The zero-order valence-corrected chi connectivity index (χ0v) is 13.5. The van der Waals surface area contributed by atoms with Gasteiger partial charge < -0.3 is 4.90 Å². The molecule has 1 fully saturated rings. The molecule has 2 aliphatic rings. The molecule has 0 spiro atoms. The monoisotopic (exact) mass is 309 g/mol. The molecule has 4 rings (SSSR count). The first-order valence-electron chi connectivity index (χ1n) is 7.84. The van der Waals surface area contributed by atoms with E-state index >= 15 is 0 Å². The number of hydrogen-bond donors (Lipinski definition) is 0. The summed E-state index contributed by atoms with van der Waals surface area (Å²) in [6.45, 7) is 0. The van der Waals surface area contributed by atoms with Gasteiger partial charge >= 0.3 is 0 Å². The highest BCUT2D eigenvalue weighted by Gasteiger charge is 2.42. The van der Waals surface area contributed by atoms with Gasteiger partial charge in [0.15, 0.2) is 0 Å².